The molecule has 0 saturated heterocycles. The zero-order valence-corrected chi connectivity index (χ0v) is 18.4. The van der Waals surface area contributed by atoms with Crippen LogP contribution in [0.2, 0.25) is 0 Å². The molecule has 0 bridgehead atoms. The van der Waals surface area contributed by atoms with Crippen molar-refractivity contribution in [3.63, 3.8) is 0 Å². The number of hydrogen-bond acceptors (Lipinski definition) is 5. The second-order valence-electron chi connectivity index (χ2n) is 7.75. The van der Waals surface area contributed by atoms with Crippen LogP contribution >= 0.6 is 0 Å². The van der Waals surface area contributed by atoms with Crippen LogP contribution in [0.15, 0.2) is 65.7 Å². The van der Waals surface area contributed by atoms with Crippen LogP contribution in [0.1, 0.15) is 31.4 Å². The lowest BCUT2D eigenvalue weighted by atomic mass is 10.0. The zero-order valence-electron chi connectivity index (χ0n) is 18.4. The number of carbonyl (C=O) groups excluding carboxylic acids is 3. The van der Waals surface area contributed by atoms with Crippen molar-refractivity contribution in [3.8, 4) is 0 Å². The minimum atomic E-state index is -1.09. The van der Waals surface area contributed by atoms with Crippen molar-refractivity contribution >= 4 is 24.1 Å². The summed E-state index contributed by atoms with van der Waals surface area (Å²) < 4.78 is 5.21. The molecule has 2 rings (SSSR count). The predicted molar refractivity (Wildman–Crippen MR) is 123 cm³/mol. The molecule has 170 valence electrons. The van der Waals surface area contributed by atoms with Crippen molar-refractivity contribution in [2.24, 2.45) is 16.6 Å². The van der Waals surface area contributed by atoms with Gasteiger partial charge in [-0.25, -0.2) is 4.79 Å². The van der Waals surface area contributed by atoms with Gasteiger partial charge in [-0.2, -0.15) is 0 Å². The van der Waals surface area contributed by atoms with Gasteiger partial charge >= 0.3 is 6.09 Å². The molecule has 0 saturated carbocycles. The summed E-state index contributed by atoms with van der Waals surface area (Å²) in [6, 6.07) is 16.7. The van der Waals surface area contributed by atoms with Gasteiger partial charge in [0, 0.05) is 6.21 Å². The number of aliphatic imine (C=N–C) groups is 1. The van der Waals surface area contributed by atoms with Crippen LogP contribution in [0.3, 0.4) is 0 Å². The van der Waals surface area contributed by atoms with E-state index in [1.54, 1.807) is 0 Å². The van der Waals surface area contributed by atoms with Crippen LogP contribution in [0, 0.1) is 5.92 Å². The molecule has 0 aliphatic heterocycles. The van der Waals surface area contributed by atoms with Crippen molar-refractivity contribution in [1.29, 1.82) is 0 Å². The Morgan fingerprint density at radius 2 is 1.56 bits per heavy atom. The van der Waals surface area contributed by atoms with Crippen LogP contribution in [-0.4, -0.2) is 36.2 Å². The molecule has 4 N–H and O–H groups in total. The summed E-state index contributed by atoms with van der Waals surface area (Å²) in [4.78, 5) is 41.0. The van der Waals surface area contributed by atoms with Gasteiger partial charge in [-0.15, -0.1) is 0 Å². The van der Waals surface area contributed by atoms with Crippen molar-refractivity contribution in [2.75, 3.05) is 0 Å². The van der Waals surface area contributed by atoms with Crippen LogP contribution in [0.5, 0.6) is 0 Å². The van der Waals surface area contributed by atoms with Gasteiger partial charge in [-0.3, -0.25) is 14.6 Å². The van der Waals surface area contributed by atoms with Crippen LogP contribution in [-0.2, 0) is 27.5 Å². The molecule has 8 heteroatoms. The van der Waals surface area contributed by atoms with Gasteiger partial charge in [0.2, 0.25) is 11.8 Å². The summed E-state index contributed by atoms with van der Waals surface area (Å²) in [6.07, 6.45) is 0.953. The fourth-order valence-electron chi connectivity index (χ4n) is 2.89. The van der Waals surface area contributed by atoms with E-state index >= 15 is 0 Å². The second-order valence-corrected chi connectivity index (χ2v) is 7.75. The third-order valence-electron chi connectivity index (χ3n) is 4.50. The first kappa shape index (κ1) is 24.6. The minimum Gasteiger partial charge on any atom is -0.445 e. The Kier molecular flexibility index (Phi) is 9.90. The number of nitrogens with one attached hydrogen (secondary N) is 2. The van der Waals surface area contributed by atoms with Gasteiger partial charge < -0.3 is 21.1 Å². The summed E-state index contributed by atoms with van der Waals surface area (Å²) in [5, 5.41) is 5.13. The maximum Gasteiger partial charge on any atom is 0.408 e. The molecule has 32 heavy (non-hydrogen) atoms. The molecule has 0 aliphatic rings. The van der Waals surface area contributed by atoms with Crippen molar-refractivity contribution in [3.05, 3.63) is 71.8 Å². The van der Waals surface area contributed by atoms with Crippen LogP contribution < -0.4 is 16.4 Å². The van der Waals surface area contributed by atoms with Gasteiger partial charge in [0.15, 0.2) is 0 Å². The average molecular weight is 439 g/mol. The lowest BCUT2D eigenvalue weighted by molar-refractivity contribution is -0.127. The van der Waals surface area contributed by atoms with Gasteiger partial charge in [-0.05, 0) is 23.5 Å². The Bertz CT molecular complexity index is 901. The Hall–Kier alpha value is -3.68. The summed E-state index contributed by atoms with van der Waals surface area (Å²) in [5.41, 5.74) is 7.21. The Balaban J connectivity index is 1.96. The number of amides is 3. The first-order valence-electron chi connectivity index (χ1n) is 10.5. The summed E-state index contributed by atoms with van der Waals surface area (Å²) >= 11 is 0. The fraction of sp³-hybridized carbons (Fsp3) is 0.333. The van der Waals surface area contributed by atoms with E-state index in [2.05, 4.69) is 15.6 Å². The summed E-state index contributed by atoms with van der Waals surface area (Å²) in [5.74, 6) is -1.17. The molecule has 2 aromatic carbocycles. The van der Waals surface area contributed by atoms with Crippen LogP contribution in [0.25, 0.3) is 0 Å². The maximum atomic E-state index is 12.8. The molecule has 0 radical (unpaired) electrons. The van der Waals surface area contributed by atoms with Gasteiger partial charge in [0.05, 0.1) is 6.54 Å². The van der Waals surface area contributed by atoms with E-state index in [1.807, 2.05) is 74.5 Å². The molecule has 2 atom stereocenters. The average Bonchev–Trinajstić information content (AvgIpc) is 2.77. The number of alkyl carbamates (subject to hydrolysis) is 1. The molecule has 0 aliphatic carbocycles. The number of ether oxygens (including phenoxy) is 1. The number of nitrogens with zero attached hydrogens (tertiary/aromatic N) is 1. The van der Waals surface area contributed by atoms with Crippen molar-refractivity contribution < 1.29 is 19.1 Å². The molecular weight excluding hydrogens is 408 g/mol. The fourth-order valence-corrected chi connectivity index (χ4v) is 2.89. The normalized spacial score (nSPS) is 12.8. The second kappa shape index (κ2) is 12.9. The lowest BCUT2D eigenvalue weighted by Crippen LogP contribution is -2.54. The van der Waals surface area contributed by atoms with Crippen molar-refractivity contribution in [1.82, 2.24) is 10.6 Å². The SMILES string of the molecule is CC(C)C[C@H](NC(=O)OCc1ccccc1)C(=O)NC(C=NCc1ccccc1)C(N)=O. The largest absolute Gasteiger partial charge is 0.445 e. The molecular formula is C24H30N4O4. The molecule has 0 heterocycles. The zero-order chi connectivity index (χ0) is 23.3. The standard InChI is InChI=1S/C24H30N4O4/c1-17(2)13-20(28-24(31)32-16-19-11-7-4-8-12-19)23(30)27-21(22(25)29)15-26-14-18-9-5-3-6-10-18/h3-12,15,17,20-21H,13-14,16H2,1-2H3,(H2,25,29)(H,27,30)(H,28,31)/t20-,21?/m0/s1. The highest BCUT2D eigenvalue weighted by Crippen LogP contribution is 2.07. The molecule has 3 amide bonds. The van der Waals surface area contributed by atoms with Crippen molar-refractivity contribution in [2.45, 2.75) is 45.5 Å². The van der Waals surface area contributed by atoms with E-state index in [0.29, 0.717) is 13.0 Å². The quantitative estimate of drug-likeness (QED) is 0.467. The van der Waals surface area contributed by atoms with E-state index in [1.165, 1.54) is 6.21 Å². The van der Waals surface area contributed by atoms with E-state index in [0.717, 1.165) is 11.1 Å². The Labute approximate surface area is 188 Å². The molecule has 2 aromatic rings. The van der Waals surface area contributed by atoms with Gasteiger partial charge in [0.25, 0.3) is 0 Å². The summed E-state index contributed by atoms with van der Waals surface area (Å²) in [6.45, 7) is 4.27. The Morgan fingerprint density at radius 1 is 0.969 bits per heavy atom. The molecule has 1 unspecified atom stereocenters. The smallest absolute Gasteiger partial charge is 0.408 e. The third kappa shape index (κ3) is 8.99. The first-order chi connectivity index (χ1) is 15.3. The predicted octanol–water partition coefficient (Wildman–Crippen LogP) is 2.57. The van der Waals surface area contributed by atoms with Gasteiger partial charge in [0.1, 0.15) is 18.7 Å². The molecule has 8 nitrogen and oxygen atoms in total. The van der Waals surface area contributed by atoms with E-state index < -0.39 is 30.0 Å². The van der Waals surface area contributed by atoms with E-state index in [9.17, 15) is 14.4 Å². The van der Waals surface area contributed by atoms with Gasteiger partial charge in [-0.1, -0.05) is 74.5 Å². The van der Waals surface area contributed by atoms with E-state index in [4.69, 9.17) is 10.5 Å². The maximum absolute atomic E-state index is 12.8. The highest BCUT2D eigenvalue weighted by molar-refractivity contribution is 6.01. The number of nitrogens with two attached hydrogens (primary N) is 1. The minimum absolute atomic E-state index is 0.0821. The van der Waals surface area contributed by atoms with Crippen LogP contribution in [0.4, 0.5) is 4.79 Å². The molecule has 0 spiro atoms. The first-order valence-corrected chi connectivity index (χ1v) is 10.5. The highest BCUT2D eigenvalue weighted by atomic mass is 16.5. The Morgan fingerprint density at radius 3 is 2.12 bits per heavy atom. The number of benzene rings is 2. The number of rotatable bonds is 11. The number of hydrogen-bond donors (Lipinski definition) is 3. The highest BCUT2D eigenvalue weighted by Gasteiger charge is 2.26. The topological polar surface area (TPSA) is 123 Å². The monoisotopic (exact) mass is 438 g/mol. The lowest BCUT2D eigenvalue weighted by Gasteiger charge is -2.21. The third-order valence-corrected chi connectivity index (χ3v) is 4.50. The number of carbonyl (C=O) groups is 3. The van der Waals surface area contributed by atoms with E-state index in [-0.39, 0.29) is 12.5 Å². The molecule has 0 fully saturated rings. The summed E-state index contributed by atoms with van der Waals surface area (Å²) in [7, 11) is 0. The molecule has 0 aromatic heterocycles. The number of primary amides is 1.